The summed E-state index contributed by atoms with van der Waals surface area (Å²) in [7, 11) is -1.68. The maximum Gasteiger partial charge on any atom is 0.256 e. The van der Waals surface area contributed by atoms with Gasteiger partial charge < -0.3 is 4.90 Å². The van der Waals surface area contributed by atoms with Crippen LogP contribution in [0, 0.1) is 0 Å². The molecule has 1 fully saturated rings. The van der Waals surface area contributed by atoms with Crippen molar-refractivity contribution in [2.45, 2.75) is 23.2 Å². The molecule has 0 radical (unpaired) electrons. The molecule has 3 heterocycles. The number of anilines is 1. The number of fused-ring (bicyclic) bond motifs is 3. The smallest absolute Gasteiger partial charge is 0.256 e. The summed E-state index contributed by atoms with van der Waals surface area (Å²) in [6, 6.07) is 1.77. The van der Waals surface area contributed by atoms with Gasteiger partial charge in [0.2, 0.25) is 0 Å². The molecule has 0 N–H and O–H groups in total. The van der Waals surface area contributed by atoms with Gasteiger partial charge in [0.25, 0.3) is 10.0 Å². The van der Waals surface area contributed by atoms with E-state index in [0.29, 0.717) is 8.55 Å². The molecular weight excluding hydrogens is 268 g/mol. The van der Waals surface area contributed by atoms with Gasteiger partial charge in [0, 0.05) is 13.6 Å². The molecule has 1 saturated heterocycles. The number of rotatable bonds is 0. The lowest BCUT2D eigenvalue weighted by molar-refractivity contribution is 0.366. The van der Waals surface area contributed by atoms with Crippen LogP contribution in [-0.2, 0) is 10.0 Å². The van der Waals surface area contributed by atoms with Crippen molar-refractivity contribution in [2.75, 3.05) is 18.5 Å². The zero-order valence-electron chi connectivity index (χ0n) is 8.68. The highest BCUT2D eigenvalue weighted by Crippen LogP contribution is 2.45. The van der Waals surface area contributed by atoms with E-state index in [1.165, 1.54) is 4.31 Å². The molecule has 0 amide bonds. The van der Waals surface area contributed by atoms with E-state index in [1.54, 1.807) is 13.1 Å². The largest absolute Gasteiger partial charge is 0.353 e. The van der Waals surface area contributed by atoms with Gasteiger partial charge in [-0.25, -0.2) is 8.42 Å². The van der Waals surface area contributed by atoms with E-state index in [-0.39, 0.29) is 6.17 Å². The number of sulfonamides is 1. The molecule has 7 heteroatoms. The molecule has 0 spiro atoms. The van der Waals surface area contributed by atoms with Gasteiger partial charge in [0.1, 0.15) is 0 Å². The Morgan fingerprint density at radius 3 is 3.06 bits per heavy atom. The molecule has 0 saturated carbocycles. The fraction of sp³-hybridized carbons (Fsp3) is 0.556. The van der Waals surface area contributed by atoms with Crippen LogP contribution in [0.25, 0.3) is 0 Å². The molecular formula is C9H11ClN2O2S2. The predicted octanol–water partition coefficient (Wildman–Crippen LogP) is 1.96. The zero-order valence-corrected chi connectivity index (χ0v) is 11.1. The van der Waals surface area contributed by atoms with Gasteiger partial charge in [-0.15, -0.1) is 11.3 Å². The maximum atomic E-state index is 12.2. The average molecular weight is 279 g/mol. The Balaban J connectivity index is 2.26. The van der Waals surface area contributed by atoms with E-state index in [2.05, 4.69) is 4.90 Å². The van der Waals surface area contributed by atoms with Crippen LogP contribution in [0.1, 0.15) is 12.8 Å². The number of nitrogens with zero attached hydrogens (tertiary/aromatic N) is 2. The number of halogens is 1. The quantitative estimate of drug-likeness (QED) is 0.728. The van der Waals surface area contributed by atoms with Gasteiger partial charge in [-0.1, -0.05) is 11.6 Å². The number of hydrogen-bond donors (Lipinski definition) is 0. The highest BCUT2D eigenvalue weighted by atomic mass is 35.5. The second kappa shape index (κ2) is 3.35. The van der Waals surface area contributed by atoms with Gasteiger partial charge in [-0.05, 0) is 18.9 Å². The summed E-state index contributed by atoms with van der Waals surface area (Å²) in [6.07, 6.45) is 1.89. The van der Waals surface area contributed by atoms with Crippen molar-refractivity contribution in [2.24, 2.45) is 0 Å². The van der Waals surface area contributed by atoms with Gasteiger partial charge in [0.05, 0.1) is 16.2 Å². The minimum absolute atomic E-state index is 0.0248. The maximum absolute atomic E-state index is 12.2. The van der Waals surface area contributed by atoms with Crippen molar-refractivity contribution in [1.29, 1.82) is 0 Å². The van der Waals surface area contributed by atoms with E-state index >= 15 is 0 Å². The first-order valence-electron chi connectivity index (χ1n) is 5.06. The summed E-state index contributed by atoms with van der Waals surface area (Å²) < 4.78 is 26.8. The monoisotopic (exact) mass is 278 g/mol. The Kier molecular flexibility index (Phi) is 2.27. The van der Waals surface area contributed by atoms with Crippen molar-refractivity contribution in [3.05, 3.63) is 10.4 Å². The van der Waals surface area contributed by atoms with E-state index in [4.69, 9.17) is 11.6 Å². The highest BCUT2D eigenvalue weighted by Gasteiger charge is 2.43. The third-order valence-corrected chi connectivity index (χ3v) is 6.82. The van der Waals surface area contributed by atoms with Crippen LogP contribution >= 0.6 is 22.9 Å². The van der Waals surface area contributed by atoms with Crippen molar-refractivity contribution in [3.63, 3.8) is 0 Å². The Bertz CT molecular complexity index is 540. The zero-order chi connectivity index (χ0) is 11.5. The minimum Gasteiger partial charge on any atom is -0.353 e. The predicted molar refractivity (Wildman–Crippen MR) is 64.6 cm³/mol. The molecule has 88 valence electrons. The van der Waals surface area contributed by atoms with Gasteiger partial charge in [0.15, 0.2) is 4.21 Å². The molecule has 0 bridgehead atoms. The molecule has 1 aromatic rings. The third kappa shape index (κ3) is 1.27. The van der Waals surface area contributed by atoms with Crippen molar-refractivity contribution in [3.8, 4) is 0 Å². The van der Waals surface area contributed by atoms with Gasteiger partial charge >= 0.3 is 0 Å². The molecule has 2 aliphatic rings. The van der Waals surface area contributed by atoms with Crippen molar-refractivity contribution < 1.29 is 8.42 Å². The van der Waals surface area contributed by atoms with Crippen LogP contribution in [0.2, 0.25) is 4.34 Å². The fourth-order valence-corrected chi connectivity index (χ4v) is 5.81. The first-order chi connectivity index (χ1) is 7.51. The Labute approximate surface area is 103 Å². The van der Waals surface area contributed by atoms with Crippen LogP contribution in [0.3, 0.4) is 0 Å². The molecule has 16 heavy (non-hydrogen) atoms. The van der Waals surface area contributed by atoms with Gasteiger partial charge in [-0.3, -0.25) is 0 Å². The summed E-state index contributed by atoms with van der Waals surface area (Å²) in [5, 5.41) is 0. The van der Waals surface area contributed by atoms with Crippen LogP contribution in [0.15, 0.2) is 10.3 Å². The summed E-state index contributed by atoms with van der Waals surface area (Å²) in [5.41, 5.74) is 0.788. The molecule has 1 atom stereocenters. The second-order valence-electron chi connectivity index (χ2n) is 4.06. The highest BCUT2D eigenvalue weighted by molar-refractivity contribution is 7.91. The average Bonchev–Trinajstić information content (AvgIpc) is 2.80. The minimum atomic E-state index is -3.33. The fourth-order valence-electron chi connectivity index (χ4n) is 2.42. The SMILES string of the molecule is CN1C2CCCN2c2cc(Cl)sc2S1(=O)=O. The lowest BCUT2D eigenvalue weighted by atomic mass is 10.3. The first kappa shape index (κ1) is 10.8. The van der Waals surface area contributed by atoms with Crippen LogP contribution in [-0.4, -0.2) is 32.5 Å². The molecule has 3 rings (SSSR count). The van der Waals surface area contributed by atoms with E-state index in [1.807, 2.05) is 0 Å². The van der Waals surface area contributed by atoms with Gasteiger partial charge in [-0.2, -0.15) is 4.31 Å². The second-order valence-corrected chi connectivity index (χ2v) is 7.94. The van der Waals surface area contributed by atoms with Crippen LogP contribution < -0.4 is 4.90 Å². The summed E-state index contributed by atoms with van der Waals surface area (Å²) in [5.74, 6) is 0. The van der Waals surface area contributed by atoms with Crippen molar-refractivity contribution >= 4 is 38.6 Å². The normalized spacial score (nSPS) is 27.9. The number of hydrogen-bond acceptors (Lipinski definition) is 4. The summed E-state index contributed by atoms with van der Waals surface area (Å²) in [4.78, 5) is 2.14. The van der Waals surface area contributed by atoms with Crippen LogP contribution in [0.5, 0.6) is 0 Å². The summed E-state index contributed by atoms with van der Waals surface area (Å²) in [6.45, 7) is 0.907. The molecule has 1 unspecified atom stereocenters. The summed E-state index contributed by atoms with van der Waals surface area (Å²) >= 11 is 7.07. The van der Waals surface area contributed by atoms with E-state index in [9.17, 15) is 8.42 Å². The number of thiophene rings is 1. The molecule has 0 aromatic carbocycles. The van der Waals surface area contributed by atoms with Crippen LogP contribution in [0.4, 0.5) is 5.69 Å². The Morgan fingerprint density at radius 1 is 1.56 bits per heavy atom. The Morgan fingerprint density at radius 2 is 2.31 bits per heavy atom. The lowest BCUT2D eigenvalue weighted by Crippen LogP contribution is -2.49. The molecule has 1 aromatic heterocycles. The van der Waals surface area contributed by atoms with E-state index in [0.717, 1.165) is 36.4 Å². The first-order valence-corrected chi connectivity index (χ1v) is 7.69. The molecule has 4 nitrogen and oxygen atoms in total. The molecule has 2 aliphatic heterocycles. The Hall–Kier alpha value is -0.300. The van der Waals surface area contributed by atoms with Crippen molar-refractivity contribution in [1.82, 2.24) is 4.31 Å². The lowest BCUT2D eigenvalue weighted by Gasteiger charge is -2.37. The standard InChI is InChI=1S/C9H11ClN2O2S2/c1-11-8-3-2-4-12(8)6-5-7(10)15-9(6)16(11,13)14/h5,8H,2-4H2,1H3. The van der Waals surface area contributed by atoms with E-state index < -0.39 is 10.0 Å². The topological polar surface area (TPSA) is 40.6 Å². The third-order valence-electron chi connectivity index (χ3n) is 3.21. The molecule has 0 aliphatic carbocycles.